The summed E-state index contributed by atoms with van der Waals surface area (Å²) in [6.07, 6.45) is 6.33. The molecule has 1 aliphatic rings. The second-order valence-corrected chi connectivity index (χ2v) is 5.97. The zero-order chi connectivity index (χ0) is 14.5. The molecule has 0 aliphatic heterocycles. The molecule has 6 heteroatoms. The highest BCUT2D eigenvalue weighted by Gasteiger charge is 2.24. The Morgan fingerprint density at radius 3 is 2.75 bits per heavy atom. The standard InChI is InChI=1S/C14H26N4OS/c1-4-17(11(2)10-19-3)13-15-16-14(20)18(13)12-8-6-5-7-9-12/h11-12H,4-10H2,1-3H3,(H,16,20). The highest BCUT2D eigenvalue weighted by Crippen LogP contribution is 2.31. The maximum Gasteiger partial charge on any atom is 0.226 e. The molecule has 5 nitrogen and oxygen atoms in total. The van der Waals surface area contributed by atoms with Crippen LogP contribution in [0.1, 0.15) is 52.0 Å². The van der Waals surface area contributed by atoms with Gasteiger partial charge < -0.3 is 9.64 Å². The predicted octanol–water partition coefficient (Wildman–Crippen LogP) is 3.31. The molecular weight excluding hydrogens is 272 g/mol. The first-order valence-electron chi connectivity index (χ1n) is 7.61. The molecule has 1 unspecified atom stereocenters. The van der Waals surface area contributed by atoms with Gasteiger partial charge in [0, 0.05) is 19.7 Å². The molecule has 1 atom stereocenters. The quantitative estimate of drug-likeness (QED) is 0.819. The average molecular weight is 298 g/mol. The van der Waals surface area contributed by atoms with Crippen LogP contribution in [0.5, 0.6) is 0 Å². The van der Waals surface area contributed by atoms with Gasteiger partial charge in [0.25, 0.3) is 0 Å². The van der Waals surface area contributed by atoms with Gasteiger partial charge in [0.05, 0.1) is 12.6 Å². The molecule has 1 aromatic heterocycles. The van der Waals surface area contributed by atoms with Crippen molar-refractivity contribution < 1.29 is 4.74 Å². The van der Waals surface area contributed by atoms with Crippen LogP contribution in [0.2, 0.25) is 0 Å². The van der Waals surface area contributed by atoms with Crippen LogP contribution in [0.15, 0.2) is 0 Å². The molecule has 114 valence electrons. The summed E-state index contributed by atoms with van der Waals surface area (Å²) in [5, 5.41) is 7.46. The maximum absolute atomic E-state index is 5.46. The van der Waals surface area contributed by atoms with Crippen molar-refractivity contribution in [1.82, 2.24) is 14.8 Å². The number of ether oxygens (including phenoxy) is 1. The minimum absolute atomic E-state index is 0.289. The van der Waals surface area contributed by atoms with Gasteiger partial charge in [-0.05, 0) is 38.9 Å². The largest absolute Gasteiger partial charge is 0.383 e. The highest BCUT2D eigenvalue weighted by molar-refractivity contribution is 7.71. The van der Waals surface area contributed by atoms with Crippen molar-refractivity contribution >= 4 is 18.2 Å². The number of aromatic nitrogens is 3. The fraction of sp³-hybridized carbons (Fsp3) is 0.857. The van der Waals surface area contributed by atoms with Crippen molar-refractivity contribution in [2.24, 2.45) is 0 Å². The SMILES string of the molecule is CCN(c1n[nH]c(=S)n1C1CCCCC1)C(C)COC. The molecule has 2 rings (SSSR count). The average Bonchev–Trinajstić information content (AvgIpc) is 2.83. The molecule has 1 N–H and O–H groups in total. The lowest BCUT2D eigenvalue weighted by Gasteiger charge is -2.31. The van der Waals surface area contributed by atoms with E-state index in [1.165, 1.54) is 32.1 Å². The lowest BCUT2D eigenvalue weighted by Crippen LogP contribution is -2.38. The smallest absolute Gasteiger partial charge is 0.226 e. The molecule has 1 aliphatic carbocycles. The number of nitrogens with one attached hydrogen (secondary N) is 1. The van der Waals surface area contributed by atoms with Crippen LogP contribution in [0, 0.1) is 4.77 Å². The Kier molecular flexibility index (Phi) is 5.60. The van der Waals surface area contributed by atoms with Crippen molar-refractivity contribution in [2.75, 3.05) is 25.2 Å². The van der Waals surface area contributed by atoms with E-state index in [2.05, 4.69) is 33.5 Å². The number of H-pyrrole nitrogens is 1. The normalized spacial score (nSPS) is 18.1. The van der Waals surface area contributed by atoms with Crippen LogP contribution in [0.3, 0.4) is 0 Å². The summed E-state index contributed by atoms with van der Waals surface area (Å²) in [6, 6.07) is 0.784. The lowest BCUT2D eigenvalue weighted by molar-refractivity contribution is 0.181. The maximum atomic E-state index is 5.46. The van der Waals surface area contributed by atoms with E-state index in [0.29, 0.717) is 12.6 Å². The monoisotopic (exact) mass is 298 g/mol. The number of aromatic amines is 1. The summed E-state index contributed by atoms with van der Waals surface area (Å²) in [4.78, 5) is 2.27. The Morgan fingerprint density at radius 2 is 2.15 bits per heavy atom. The van der Waals surface area contributed by atoms with Gasteiger partial charge in [-0.15, -0.1) is 5.10 Å². The van der Waals surface area contributed by atoms with Crippen LogP contribution in [0.4, 0.5) is 5.95 Å². The van der Waals surface area contributed by atoms with Crippen molar-refractivity contribution in [2.45, 2.75) is 58.0 Å². The second-order valence-electron chi connectivity index (χ2n) is 5.58. The van der Waals surface area contributed by atoms with Crippen LogP contribution in [-0.4, -0.2) is 41.1 Å². The predicted molar refractivity (Wildman–Crippen MR) is 83.9 cm³/mol. The molecule has 1 heterocycles. The van der Waals surface area contributed by atoms with Crippen LogP contribution < -0.4 is 4.90 Å². The Labute approximate surface area is 126 Å². The summed E-state index contributed by atoms with van der Waals surface area (Å²) < 4.78 is 8.26. The number of nitrogens with zero attached hydrogens (tertiary/aromatic N) is 3. The number of anilines is 1. The zero-order valence-electron chi connectivity index (χ0n) is 12.8. The van der Waals surface area contributed by atoms with Crippen molar-refractivity contribution in [3.05, 3.63) is 4.77 Å². The van der Waals surface area contributed by atoms with Gasteiger partial charge in [-0.1, -0.05) is 19.3 Å². The van der Waals surface area contributed by atoms with E-state index in [1.807, 2.05) is 0 Å². The minimum Gasteiger partial charge on any atom is -0.383 e. The van der Waals surface area contributed by atoms with E-state index < -0.39 is 0 Å². The third kappa shape index (κ3) is 3.23. The van der Waals surface area contributed by atoms with Crippen molar-refractivity contribution in [3.8, 4) is 0 Å². The highest BCUT2D eigenvalue weighted by atomic mass is 32.1. The number of hydrogen-bond acceptors (Lipinski definition) is 4. The van der Waals surface area contributed by atoms with Crippen LogP contribution >= 0.6 is 12.2 Å². The molecule has 0 spiro atoms. The summed E-state index contributed by atoms with van der Waals surface area (Å²) in [5.74, 6) is 0.967. The molecule has 0 amide bonds. The van der Waals surface area contributed by atoms with Gasteiger partial charge in [-0.3, -0.25) is 4.57 Å². The zero-order valence-corrected chi connectivity index (χ0v) is 13.6. The summed E-state index contributed by atoms with van der Waals surface area (Å²) in [6.45, 7) is 5.90. The topological polar surface area (TPSA) is 46.1 Å². The first kappa shape index (κ1) is 15.5. The lowest BCUT2D eigenvalue weighted by atomic mass is 9.95. The number of likely N-dealkylation sites (N-methyl/N-ethyl adjacent to an activating group) is 1. The fourth-order valence-electron chi connectivity index (χ4n) is 3.15. The summed E-state index contributed by atoms with van der Waals surface area (Å²) >= 11 is 5.46. The minimum atomic E-state index is 0.289. The molecule has 1 saturated carbocycles. The van der Waals surface area contributed by atoms with Gasteiger partial charge in [0.2, 0.25) is 5.95 Å². The fourth-order valence-corrected chi connectivity index (χ4v) is 3.43. The van der Waals surface area contributed by atoms with E-state index >= 15 is 0 Å². The number of methoxy groups -OCH3 is 1. The van der Waals surface area contributed by atoms with E-state index in [1.54, 1.807) is 7.11 Å². The Morgan fingerprint density at radius 1 is 1.45 bits per heavy atom. The molecule has 1 aromatic rings. The molecule has 20 heavy (non-hydrogen) atoms. The Hall–Kier alpha value is -0.880. The van der Waals surface area contributed by atoms with Gasteiger partial charge in [-0.2, -0.15) is 0 Å². The molecule has 1 fully saturated rings. The molecule has 0 saturated heterocycles. The molecule has 0 aromatic carbocycles. The summed E-state index contributed by atoms with van der Waals surface area (Å²) in [7, 11) is 1.74. The number of rotatable bonds is 6. The summed E-state index contributed by atoms with van der Waals surface area (Å²) in [5.41, 5.74) is 0. The second kappa shape index (κ2) is 7.22. The van der Waals surface area contributed by atoms with Crippen LogP contribution in [-0.2, 0) is 4.74 Å². The third-order valence-corrected chi connectivity index (χ3v) is 4.45. The van der Waals surface area contributed by atoms with Gasteiger partial charge in [0.15, 0.2) is 4.77 Å². The first-order valence-corrected chi connectivity index (χ1v) is 8.02. The van der Waals surface area contributed by atoms with Gasteiger partial charge in [-0.25, -0.2) is 5.10 Å². The van der Waals surface area contributed by atoms with Crippen molar-refractivity contribution in [1.29, 1.82) is 0 Å². The van der Waals surface area contributed by atoms with Gasteiger partial charge in [0.1, 0.15) is 0 Å². The Balaban J connectivity index is 2.28. The van der Waals surface area contributed by atoms with Gasteiger partial charge >= 0.3 is 0 Å². The molecule has 0 radical (unpaired) electrons. The van der Waals surface area contributed by atoms with E-state index in [9.17, 15) is 0 Å². The number of hydrogen-bond donors (Lipinski definition) is 1. The van der Waals surface area contributed by atoms with Crippen molar-refractivity contribution in [3.63, 3.8) is 0 Å². The van der Waals surface area contributed by atoms with E-state index in [0.717, 1.165) is 17.3 Å². The third-order valence-electron chi connectivity index (χ3n) is 4.16. The van der Waals surface area contributed by atoms with E-state index in [4.69, 9.17) is 17.0 Å². The Bertz CT molecular complexity index is 464. The first-order chi connectivity index (χ1) is 9.69. The molecule has 0 bridgehead atoms. The van der Waals surface area contributed by atoms with E-state index in [-0.39, 0.29) is 6.04 Å². The van der Waals surface area contributed by atoms with Crippen LogP contribution in [0.25, 0.3) is 0 Å². The molecular formula is C14H26N4OS.